The number of fused-ring (bicyclic) bond motifs is 1. The molecule has 0 bridgehead atoms. The fourth-order valence-corrected chi connectivity index (χ4v) is 4.20. The van der Waals surface area contributed by atoms with Crippen LogP contribution in [0.15, 0.2) is 47.3 Å². The van der Waals surface area contributed by atoms with Gasteiger partial charge in [0.1, 0.15) is 11.3 Å². The first kappa shape index (κ1) is 27.2. The maximum Gasteiger partial charge on any atom is 0.416 e. The molecule has 2 heterocycles. The molecule has 0 radical (unpaired) electrons. The van der Waals surface area contributed by atoms with Crippen LogP contribution in [0.3, 0.4) is 0 Å². The van der Waals surface area contributed by atoms with Crippen molar-refractivity contribution < 1.29 is 37.3 Å². The molecular formula is C26H26F3N3O6. The molecule has 1 unspecified atom stereocenters. The molecule has 3 aromatic rings. The summed E-state index contributed by atoms with van der Waals surface area (Å²) in [7, 11) is 0. The maximum absolute atomic E-state index is 13.0. The standard InChI is InChI=1S/C26H26F3N3O6/c27-26(28,29)19-3-6-22-21(14-19)24(34)32(31-30-22)10-7-18(25(35)36)13-23(33)17-1-4-20(5-2-17)38-15-16-8-11-37-12-9-16/h1-6,14,16,18H,7-13,15H2,(H,35,36). The van der Waals surface area contributed by atoms with Gasteiger partial charge >= 0.3 is 12.1 Å². The van der Waals surface area contributed by atoms with E-state index in [1.807, 2.05) is 0 Å². The number of aliphatic carboxylic acids is 1. The largest absolute Gasteiger partial charge is 0.493 e. The number of Topliss-reactive ketones (excluding diaryl/α,β-unsaturated/α-hetero) is 1. The lowest BCUT2D eigenvalue weighted by Gasteiger charge is -2.22. The molecule has 38 heavy (non-hydrogen) atoms. The SMILES string of the molecule is O=C(CC(CCn1nnc2ccc(C(F)(F)F)cc2c1=O)C(=O)O)c1ccc(OCC2CCOCC2)cc1. The number of nitrogens with zero attached hydrogens (tertiary/aromatic N) is 3. The molecule has 1 aliphatic rings. The zero-order valence-electron chi connectivity index (χ0n) is 20.3. The molecule has 0 amide bonds. The van der Waals surface area contributed by atoms with E-state index in [0.29, 0.717) is 43.1 Å². The van der Waals surface area contributed by atoms with Gasteiger partial charge in [-0.05, 0) is 67.6 Å². The highest BCUT2D eigenvalue weighted by Gasteiger charge is 2.31. The number of aryl methyl sites for hydroxylation is 1. The van der Waals surface area contributed by atoms with Crippen LogP contribution in [0.2, 0.25) is 0 Å². The third-order valence-electron chi connectivity index (χ3n) is 6.52. The third-order valence-corrected chi connectivity index (χ3v) is 6.52. The van der Waals surface area contributed by atoms with Crippen LogP contribution in [-0.4, -0.2) is 51.7 Å². The number of benzene rings is 2. The van der Waals surface area contributed by atoms with Gasteiger partial charge in [-0.15, -0.1) is 5.10 Å². The van der Waals surface area contributed by atoms with Gasteiger partial charge in [0.15, 0.2) is 5.78 Å². The van der Waals surface area contributed by atoms with Gasteiger partial charge in [0.25, 0.3) is 5.56 Å². The average Bonchev–Trinajstić information content (AvgIpc) is 2.90. The fourth-order valence-electron chi connectivity index (χ4n) is 4.20. The van der Waals surface area contributed by atoms with Gasteiger partial charge in [0, 0.05) is 31.7 Å². The molecule has 1 fully saturated rings. The summed E-state index contributed by atoms with van der Waals surface area (Å²) < 4.78 is 51.0. The summed E-state index contributed by atoms with van der Waals surface area (Å²) in [6, 6.07) is 8.99. The molecular weight excluding hydrogens is 507 g/mol. The minimum Gasteiger partial charge on any atom is -0.493 e. The van der Waals surface area contributed by atoms with E-state index in [0.717, 1.165) is 29.7 Å². The summed E-state index contributed by atoms with van der Waals surface area (Å²) in [5.74, 6) is -1.77. The lowest BCUT2D eigenvalue weighted by molar-refractivity contribution is -0.142. The van der Waals surface area contributed by atoms with Gasteiger partial charge in [-0.1, -0.05) is 5.21 Å². The number of carboxylic acid groups (broad SMARTS) is 1. The summed E-state index contributed by atoms with van der Waals surface area (Å²) >= 11 is 0. The molecule has 12 heteroatoms. The van der Waals surface area contributed by atoms with Crippen molar-refractivity contribution in [3.8, 4) is 5.75 Å². The molecule has 1 N–H and O–H groups in total. The van der Waals surface area contributed by atoms with Crippen molar-refractivity contribution in [2.24, 2.45) is 11.8 Å². The normalized spacial score (nSPS) is 15.3. The molecule has 202 valence electrons. The number of rotatable bonds is 10. The van der Waals surface area contributed by atoms with E-state index in [-0.39, 0.29) is 30.3 Å². The Morgan fingerprint density at radius 1 is 1.13 bits per heavy atom. The number of hydrogen-bond acceptors (Lipinski definition) is 7. The van der Waals surface area contributed by atoms with E-state index in [4.69, 9.17) is 9.47 Å². The Morgan fingerprint density at radius 3 is 2.50 bits per heavy atom. The number of ether oxygens (including phenoxy) is 2. The van der Waals surface area contributed by atoms with Crippen LogP contribution in [0.1, 0.15) is 41.6 Å². The first-order valence-corrected chi connectivity index (χ1v) is 12.1. The van der Waals surface area contributed by atoms with Gasteiger partial charge in [-0.3, -0.25) is 14.4 Å². The van der Waals surface area contributed by atoms with Crippen LogP contribution in [-0.2, 0) is 22.3 Å². The van der Waals surface area contributed by atoms with E-state index in [2.05, 4.69) is 10.3 Å². The van der Waals surface area contributed by atoms with Crippen molar-refractivity contribution in [3.63, 3.8) is 0 Å². The van der Waals surface area contributed by atoms with E-state index in [1.54, 1.807) is 24.3 Å². The van der Waals surface area contributed by atoms with Gasteiger partial charge < -0.3 is 14.6 Å². The molecule has 1 atom stereocenters. The van der Waals surface area contributed by atoms with Gasteiger partial charge in [-0.25, -0.2) is 4.68 Å². The highest BCUT2D eigenvalue weighted by Crippen LogP contribution is 2.30. The summed E-state index contributed by atoms with van der Waals surface area (Å²) in [4.78, 5) is 37.2. The summed E-state index contributed by atoms with van der Waals surface area (Å²) in [5, 5.41) is 16.8. The fraction of sp³-hybridized carbons (Fsp3) is 0.423. The molecule has 1 aromatic heterocycles. The van der Waals surface area contributed by atoms with Gasteiger partial charge in [0.2, 0.25) is 0 Å². The number of hydrogen-bond donors (Lipinski definition) is 1. The number of carbonyl (C=O) groups is 2. The number of aromatic nitrogens is 3. The van der Waals surface area contributed by atoms with E-state index in [9.17, 15) is 32.7 Å². The molecule has 0 aliphatic carbocycles. The van der Waals surface area contributed by atoms with Crippen LogP contribution >= 0.6 is 0 Å². The number of alkyl halides is 3. The maximum atomic E-state index is 13.0. The van der Waals surface area contributed by atoms with Crippen molar-refractivity contribution in [1.82, 2.24) is 15.0 Å². The third kappa shape index (κ3) is 6.74. The molecule has 0 saturated carbocycles. The first-order valence-electron chi connectivity index (χ1n) is 12.1. The van der Waals surface area contributed by atoms with Gasteiger partial charge in [0.05, 0.1) is 23.5 Å². The number of carbonyl (C=O) groups excluding carboxylic acids is 1. The van der Waals surface area contributed by atoms with E-state index in [1.165, 1.54) is 0 Å². The van der Waals surface area contributed by atoms with Crippen molar-refractivity contribution >= 4 is 22.7 Å². The molecule has 1 saturated heterocycles. The van der Waals surface area contributed by atoms with E-state index < -0.39 is 35.0 Å². The molecule has 4 rings (SSSR count). The minimum atomic E-state index is -4.64. The summed E-state index contributed by atoms with van der Waals surface area (Å²) in [6.07, 6.45) is -3.26. The van der Waals surface area contributed by atoms with Crippen LogP contribution in [0.5, 0.6) is 5.75 Å². The number of halogens is 3. The van der Waals surface area contributed by atoms with Crippen molar-refractivity contribution in [1.29, 1.82) is 0 Å². The highest BCUT2D eigenvalue weighted by molar-refractivity contribution is 5.98. The second-order valence-corrected chi connectivity index (χ2v) is 9.19. The number of carboxylic acids is 1. The monoisotopic (exact) mass is 533 g/mol. The quantitative estimate of drug-likeness (QED) is 0.389. The topological polar surface area (TPSA) is 121 Å². The summed E-state index contributed by atoms with van der Waals surface area (Å²) in [6.45, 7) is 1.74. The van der Waals surface area contributed by atoms with Crippen molar-refractivity contribution in [3.05, 3.63) is 63.9 Å². The zero-order chi connectivity index (χ0) is 27.3. The molecule has 1 aliphatic heterocycles. The van der Waals surface area contributed by atoms with E-state index >= 15 is 0 Å². The first-order chi connectivity index (χ1) is 18.1. The predicted molar refractivity (Wildman–Crippen MR) is 129 cm³/mol. The van der Waals surface area contributed by atoms with Crippen LogP contribution in [0, 0.1) is 11.8 Å². The van der Waals surface area contributed by atoms with Crippen molar-refractivity contribution in [2.75, 3.05) is 19.8 Å². The Balaban J connectivity index is 1.38. The van der Waals surface area contributed by atoms with Crippen LogP contribution in [0.25, 0.3) is 10.9 Å². The number of ketones is 1. The Labute approximate surface area is 215 Å². The Kier molecular flexibility index (Phi) is 8.40. The molecule has 0 spiro atoms. The highest BCUT2D eigenvalue weighted by atomic mass is 19.4. The Bertz CT molecular complexity index is 1350. The summed E-state index contributed by atoms with van der Waals surface area (Å²) in [5.41, 5.74) is -1.52. The van der Waals surface area contributed by atoms with Crippen LogP contribution in [0.4, 0.5) is 13.2 Å². The second kappa shape index (κ2) is 11.7. The Hall–Kier alpha value is -3.80. The Morgan fingerprint density at radius 2 is 1.84 bits per heavy atom. The lowest BCUT2D eigenvalue weighted by atomic mass is 9.95. The second-order valence-electron chi connectivity index (χ2n) is 9.19. The lowest BCUT2D eigenvalue weighted by Crippen LogP contribution is -2.27. The van der Waals surface area contributed by atoms with Gasteiger partial charge in [-0.2, -0.15) is 13.2 Å². The predicted octanol–water partition coefficient (Wildman–Crippen LogP) is 3.98. The molecule has 2 aromatic carbocycles. The average molecular weight is 534 g/mol. The minimum absolute atomic E-state index is 0.00982. The molecule has 9 nitrogen and oxygen atoms in total. The van der Waals surface area contributed by atoms with Crippen molar-refractivity contribution in [2.45, 2.75) is 38.4 Å². The van der Waals surface area contributed by atoms with Crippen LogP contribution < -0.4 is 10.3 Å². The zero-order valence-corrected chi connectivity index (χ0v) is 20.3. The smallest absolute Gasteiger partial charge is 0.416 e.